The molecule has 4 amide bonds. The number of benzene rings is 3. The number of hydrogen-bond donors (Lipinski definition) is 2. The number of hydrogen-bond acceptors (Lipinski definition) is 7. The minimum absolute atomic E-state index is 0.139. The van der Waals surface area contributed by atoms with Crippen molar-refractivity contribution in [3.8, 4) is 0 Å². The van der Waals surface area contributed by atoms with Crippen LogP contribution < -0.4 is 15.5 Å². The molecule has 33 heavy (non-hydrogen) atoms. The van der Waals surface area contributed by atoms with Crippen LogP contribution in [-0.4, -0.2) is 27.8 Å². The SMILES string of the molecule is O=C(Nc1cccc([N+](=O)[O-])c1)Nc1ccc2nc(N3C(=O)c4ccccc4C3=O)sc2c1. The van der Waals surface area contributed by atoms with E-state index in [0.29, 0.717) is 27.0 Å². The second kappa shape index (κ2) is 7.80. The molecule has 0 fully saturated rings. The molecule has 0 saturated heterocycles. The predicted molar refractivity (Wildman–Crippen MR) is 123 cm³/mol. The summed E-state index contributed by atoms with van der Waals surface area (Å²) in [5, 5.41) is 16.3. The van der Waals surface area contributed by atoms with Gasteiger partial charge in [-0.05, 0) is 36.4 Å². The molecule has 0 atom stereocenters. The van der Waals surface area contributed by atoms with Crippen molar-refractivity contribution in [1.82, 2.24) is 4.98 Å². The standard InChI is InChI=1S/C22H13N5O5S/c28-19-15-6-1-2-7-16(15)20(29)26(19)22-25-17-9-8-13(11-18(17)33-22)24-21(30)23-12-4-3-5-14(10-12)27(31)32/h1-11H,(H2,23,24,30). The summed E-state index contributed by atoms with van der Waals surface area (Å²) in [5.74, 6) is -0.853. The molecule has 0 bridgehead atoms. The average molecular weight is 459 g/mol. The summed E-state index contributed by atoms with van der Waals surface area (Å²) in [7, 11) is 0. The van der Waals surface area contributed by atoms with Gasteiger partial charge in [0.25, 0.3) is 17.5 Å². The minimum atomic E-state index is -0.583. The van der Waals surface area contributed by atoms with E-state index >= 15 is 0 Å². The smallest absolute Gasteiger partial charge is 0.308 e. The van der Waals surface area contributed by atoms with E-state index in [1.807, 2.05) is 0 Å². The molecule has 1 aliphatic rings. The van der Waals surface area contributed by atoms with Crippen LogP contribution in [0.25, 0.3) is 10.2 Å². The van der Waals surface area contributed by atoms with Gasteiger partial charge in [-0.1, -0.05) is 29.5 Å². The maximum Gasteiger partial charge on any atom is 0.323 e. The van der Waals surface area contributed by atoms with Gasteiger partial charge in [0.2, 0.25) is 5.13 Å². The number of nitrogens with one attached hydrogen (secondary N) is 2. The van der Waals surface area contributed by atoms with Gasteiger partial charge in [-0.25, -0.2) is 14.7 Å². The molecule has 0 spiro atoms. The van der Waals surface area contributed by atoms with Crippen LogP contribution in [-0.2, 0) is 0 Å². The Morgan fingerprint density at radius 1 is 0.909 bits per heavy atom. The maximum atomic E-state index is 12.7. The molecule has 4 aromatic rings. The summed E-state index contributed by atoms with van der Waals surface area (Å²) in [5.41, 5.74) is 1.82. The number of fused-ring (bicyclic) bond motifs is 2. The van der Waals surface area contributed by atoms with Crippen molar-refractivity contribution < 1.29 is 19.3 Å². The molecule has 0 saturated carbocycles. The zero-order valence-electron chi connectivity index (χ0n) is 16.6. The van der Waals surface area contributed by atoms with Gasteiger partial charge in [-0.3, -0.25) is 19.7 Å². The van der Waals surface area contributed by atoms with Gasteiger partial charge in [-0.2, -0.15) is 0 Å². The summed E-state index contributed by atoms with van der Waals surface area (Å²) in [6, 6.07) is 16.6. The molecule has 2 heterocycles. The Balaban J connectivity index is 1.35. The van der Waals surface area contributed by atoms with E-state index in [1.165, 1.54) is 24.3 Å². The molecular formula is C22H13N5O5S. The molecule has 10 nitrogen and oxygen atoms in total. The lowest BCUT2D eigenvalue weighted by atomic mass is 10.1. The fraction of sp³-hybridized carbons (Fsp3) is 0. The van der Waals surface area contributed by atoms with Crippen LogP contribution in [0.3, 0.4) is 0 Å². The monoisotopic (exact) mass is 459 g/mol. The second-order valence-electron chi connectivity index (χ2n) is 7.06. The van der Waals surface area contributed by atoms with Crippen LogP contribution in [0.15, 0.2) is 66.7 Å². The molecular weight excluding hydrogens is 446 g/mol. The van der Waals surface area contributed by atoms with Crippen LogP contribution in [0.1, 0.15) is 20.7 Å². The third-order valence-corrected chi connectivity index (χ3v) is 5.94. The van der Waals surface area contributed by atoms with Gasteiger partial charge < -0.3 is 10.6 Å². The number of non-ortho nitro benzene ring substituents is 1. The van der Waals surface area contributed by atoms with Crippen LogP contribution in [0.2, 0.25) is 0 Å². The van der Waals surface area contributed by atoms with E-state index in [-0.39, 0.29) is 16.5 Å². The topological polar surface area (TPSA) is 135 Å². The van der Waals surface area contributed by atoms with E-state index in [1.54, 1.807) is 42.5 Å². The summed E-state index contributed by atoms with van der Waals surface area (Å²) >= 11 is 1.15. The van der Waals surface area contributed by atoms with Crippen molar-refractivity contribution in [3.63, 3.8) is 0 Å². The second-order valence-corrected chi connectivity index (χ2v) is 8.07. The molecule has 11 heteroatoms. The highest BCUT2D eigenvalue weighted by Gasteiger charge is 2.38. The lowest BCUT2D eigenvalue weighted by Gasteiger charge is -2.08. The number of nitro benzene ring substituents is 1. The third kappa shape index (κ3) is 3.66. The number of aromatic nitrogens is 1. The van der Waals surface area contributed by atoms with Crippen molar-refractivity contribution in [3.05, 3.63) is 88.0 Å². The third-order valence-electron chi connectivity index (χ3n) is 4.94. The summed E-state index contributed by atoms with van der Waals surface area (Å²) in [6.45, 7) is 0. The van der Waals surface area contributed by atoms with Crippen LogP contribution >= 0.6 is 11.3 Å². The zero-order valence-corrected chi connectivity index (χ0v) is 17.5. The first kappa shape index (κ1) is 20.3. The van der Waals surface area contributed by atoms with Gasteiger partial charge in [-0.15, -0.1) is 0 Å². The molecule has 5 rings (SSSR count). The number of amides is 4. The molecule has 1 aromatic heterocycles. The lowest BCUT2D eigenvalue weighted by molar-refractivity contribution is -0.384. The molecule has 0 radical (unpaired) electrons. The van der Waals surface area contributed by atoms with Gasteiger partial charge in [0, 0.05) is 23.5 Å². The van der Waals surface area contributed by atoms with Gasteiger partial charge in [0.1, 0.15) is 0 Å². The Kier molecular flexibility index (Phi) is 4.79. The number of urea groups is 1. The Bertz CT molecular complexity index is 1450. The van der Waals surface area contributed by atoms with Crippen molar-refractivity contribution >= 4 is 61.6 Å². The summed E-state index contributed by atoms with van der Waals surface area (Å²) in [6.07, 6.45) is 0. The first-order chi connectivity index (χ1) is 15.9. The van der Waals surface area contributed by atoms with E-state index in [0.717, 1.165) is 16.2 Å². The average Bonchev–Trinajstić information content (AvgIpc) is 3.32. The Morgan fingerprint density at radius 3 is 2.24 bits per heavy atom. The largest absolute Gasteiger partial charge is 0.323 e. The lowest BCUT2D eigenvalue weighted by Crippen LogP contribution is -2.29. The van der Waals surface area contributed by atoms with Crippen molar-refractivity contribution in [1.29, 1.82) is 0 Å². The number of thiazole rings is 1. The quantitative estimate of drug-likeness (QED) is 0.259. The molecule has 1 aliphatic heterocycles. The predicted octanol–water partition coefficient (Wildman–Crippen LogP) is 4.65. The normalized spacial score (nSPS) is 12.7. The highest BCUT2D eigenvalue weighted by molar-refractivity contribution is 7.22. The van der Waals surface area contributed by atoms with Crippen molar-refractivity contribution in [2.45, 2.75) is 0 Å². The van der Waals surface area contributed by atoms with E-state index < -0.39 is 22.8 Å². The minimum Gasteiger partial charge on any atom is -0.308 e. The van der Waals surface area contributed by atoms with Crippen molar-refractivity contribution in [2.75, 3.05) is 15.5 Å². The first-order valence-electron chi connectivity index (χ1n) is 9.61. The number of imide groups is 1. The van der Waals surface area contributed by atoms with Crippen LogP contribution in [0.5, 0.6) is 0 Å². The van der Waals surface area contributed by atoms with Crippen molar-refractivity contribution in [2.24, 2.45) is 0 Å². The van der Waals surface area contributed by atoms with E-state index in [2.05, 4.69) is 15.6 Å². The van der Waals surface area contributed by atoms with Gasteiger partial charge in [0.15, 0.2) is 0 Å². The number of nitrogens with zero attached hydrogens (tertiary/aromatic N) is 3. The number of carbonyl (C=O) groups is 3. The van der Waals surface area contributed by atoms with E-state index in [4.69, 9.17) is 0 Å². The number of rotatable bonds is 4. The Labute approximate surface area is 189 Å². The Morgan fingerprint density at radius 2 is 1.58 bits per heavy atom. The van der Waals surface area contributed by atoms with Gasteiger partial charge in [0.05, 0.1) is 26.3 Å². The molecule has 2 N–H and O–H groups in total. The van der Waals surface area contributed by atoms with E-state index in [9.17, 15) is 24.5 Å². The molecule has 0 aliphatic carbocycles. The van der Waals surface area contributed by atoms with Crippen LogP contribution in [0, 0.1) is 10.1 Å². The maximum absolute atomic E-state index is 12.7. The highest BCUT2D eigenvalue weighted by atomic mass is 32.1. The van der Waals surface area contributed by atoms with Gasteiger partial charge >= 0.3 is 6.03 Å². The molecule has 3 aromatic carbocycles. The first-order valence-corrected chi connectivity index (χ1v) is 10.4. The number of carbonyl (C=O) groups excluding carboxylic acids is 3. The molecule has 162 valence electrons. The Hall–Kier alpha value is -4.64. The summed E-state index contributed by atoms with van der Waals surface area (Å²) in [4.78, 5) is 53.5. The number of nitro groups is 1. The fourth-order valence-corrected chi connectivity index (χ4v) is 4.44. The fourth-order valence-electron chi connectivity index (χ4n) is 3.44. The molecule has 0 unspecified atom stereocenters. The number of anilines is 3. The highest BCUT2D eigenvalue weighted by Crippen LogP contribution is 2.35. The van der Waals surface area contributed by atoms with Crippen LogP contribution in [0.4, 0.5) is 27.0 Å². The zero-order chi connectivity index (χ0) is 23.1. The summed E-state index contributed by atoms with van der Waals surface area (Å²) < 4.78 is 0.662.